The average molecular weight is 465 g/mol. The Kier molecular flexibility index (Phi) is 6.72. The van der Waals surface area contributed by atoms with Crippen molar-refractivity contribution in [3.05, 3.63) is 57.6 Å². The van der Waals surface area contributed by atoms with Crippen LogP contribution in [0.15, 0.2) is 36.4 Å². The first-order valence-electron chi connectivity index (χ1n) is 10.5. The summed E-state index contributed by atoms with van der Waals surface area (Å²) in [5.74, 6) is 0.196. The molecular weight excluding hydrogens is 441 g/mol. The molecule has 1 amide bonds. The standard InChI is InChI=1S/C24H24Cl3NO2/c25-21-13-18(15-6-8-16(9-7-15)23(27)29)14-22(26)20(21)12-17-10-11-28(24(17)30)19-4-2-1-3-5-19/h6-9,13-14,17,19H,1-5,10-12H2. The van der Waals surface area contributed by atoms with Gasteiger partial charge in [-0.25, -0.2) is 0 Å². The number of nitrogens with zero attached hydrogens (tertiary/aromatic N) is 1. The van der Waals surface area contributed by atoms with E-state index in [1.54, 1.807) is 12.1 Å². The summed E-state index contributed by atoms with van der Waals surface area (Å²) in [5.41, 5.74) is 3.03. The molecule has 0 bridgehead atoms. The number of halogens is 3. The van der Waals surface area contributed by atoms with Crippen LogP contribution in [-0.4, -0.2) is 28.6 Å². The minimum absolute atomic E-state index is 0.0539. The lowest BCUT2D eigenvalue weighted by Gasteiger charge is -2.31. The highest BCUT2D eigenvalue weighted by atomic mass is 35.5. The molecule has 1 aliphatic carbocycles. The van der Waals surface area contributed by atoms with Gasteiger partial charge in [-0.2, -0.15) is 0 Å². The molecule has 0 aromatic heterocycles. The summed E-state index contributed by atoms with van der Waals surface area (Å²) in [6, 6.07) is 11.2. The van der Waals surface area contributed by atoms with E-state index in [1.807, 2.05) is 24.3 Å². The molecule has 1 unspecified atom stereocenters. The van der Waals surface area contributed by atoms with Crippen LogP contribution in [0, 0.1) is 5.92 Å². The number of amides is 1. The van der Waals surface area contributed by atoms with Crippen molar-refractivity contribution in [3.63, 3.8) is 0 Å². The predicted octanol–water partition coefficient (Wildman–Crippen LogP) is 6.76. The van der Waals surface area contributed by atoms with Gasteiger partial charge in [0.25, 0.3) is 5.24 Å². The second-order valence-electron chi connectivity index (χ2n) is 8.28. The van der Waals surface area contributed by atoms with E-state index < -0.39 is 5.24 Å². The monoisotopic (exact) mass is 463 g/mol. The van der Waals surface area contributed by atoms with Crippen molar-refractivity contribution in [3.8, 4) is 11.1 Å². The third-order valence-electron chi connectivity index (χ3n) is 6.40. The molecule has 2 fully saturated rings. The number of hydrogen-bond donors (Lipinski definition) is 0. The molecule has 2 aromatic rings. The van der Waals surface area contributed by atoms with Crippen LogP contribution < -0.4 is 0 Å². The lowest BCUT2D eigenvalue weighted by atomic mass is 9.93. The van der Waals surface area contributed by atoms with Gasteiger partial charge in [0.1, 0.15) is 0 Å². The fourth-order valence-corrected chi connectivity index (χ4v) is 5.48. The zero-order valence-electron chi connectivity index (χ0n) is 16.7. The van der Waals surface area contributed by atoms with Crippen LogP contribution >= 0.6 is 34.8 Å². The first-order chi connectivity index (χ1) is 14.4. The highest BCUT2D eigenvalue weighted by Gasteiger charge is 2.36. The van der Waals surface area contributed by atoms with Crippen molar-refractivity contribution < 1.29 is 9.59 Å². The third-order valence-corrected chi connectivity index (χ3v) is 7.30. The van der Waals surface area contributed by atoms with E-state index in [1.165, 1.54) is 19.3 Å². The summed E-state index contributed by atoms with van der Waals surface area (Å²) >= 11 is 18.7. The minimum atomic E-state index is -0.489. The van der Waals surface area contributed by atoms with E-state index in [-0.39, 0.29) is 11.8 Å². The molecule has 4 rings (SSSR count). The Hall–Kier alpha value is -1.55. The van der Waals surface area contributed by atoms with E-state index in [0.717, 1.165) is 42.5 Å². The molecule has 2 aromatic carbocycles. The first kappa shape index (κ1) is 21.7. The molecule has 30 heavy (non-hydrogen) atoms. The second-order valence-corrected chi connectivity index (χ2v) is 9.44. The molecule has 1 saturated heterocycles. The summed E-state index contributed by atoms with van der Waals surface area (Å²) in [5, 5.41) is 0.647. The van der Waals surface area contributed by atoms with Gasteiger partial charge >= 0.3 is 0 Å². The topological polar surface area (TPSA) is 37.4 Å². The molecule has 1 heterocycles. The van der Waals surface area contributed by atoms with Crippen molar-refractivity contribution in [1.82, 2.24) is 4.90 Å². The molecule has 0 radical (unpaired) electrons. The third kappa shape index (κ3) is 4.54. The van der Waals surface area contributed by atoms with Crippen LogP contribution in [-0.2, 0) is 11.2 Å². The van der Waals surface area contributed by atoms with Crippen LogP contribution in [0.2, 0.25) is 10.0 Å². The van der Waals surface area contributed by atoms with Gasteiger partial charge in [0, 0.05) is 34.1 Å². The Bertz CT molecular complexity index is 928. The van der Waals surface area contributed by atoms with Crippen LogP contribution in [0.3, 0.4) is 0 Å². The van der Waals surface area contributed by atoms with Crippen molar-refractivity contribution in [2.75, 3.05) is 6.54 Å². The van der Waals surface area contributed by atoms with E-state index in [0.29, 0.717) is 28.1 Å². The molecule has 158 valence electrons. The number of carbonyl (C=O) groups is 2. The van der Waals surface area contributed by atoms with Crippen LogP contribution in [0.1, 0.15) is 54.4 Å². The normalized spacial score (nSPS) is 20.0. The van der Waals surface area contributed by atoms with Gasteiger partial charge in [0.05, 0.1) is 0 Å². The van der Waals surface area contributed by atoms with Crippen LogP contribution in [0.25, 0.3) is 11.1 Å². The average Bonchev–Trinajstić information content (AvgIpc) is 3.11. The highest BCUT2D eigenvalue weighted by Crippen LogP contribution is 2.36. The summed E-state index contributed by atoms with van der Waals surface area (Å²) in [6.07, 6.45) is 7.41. The van der Waals surface area contributed by atoms with Gasteiger partial charge in [0.15, 0.2) is 0 Å². The van der Waals surface area contributed by atoms with Crippen molar-refractivity contribution >= 4 is 46.0 Å². The van der Waals surface area contributed by atoms with Gasteiger partial charge < -0.3 is 4.90 Å². The lowest BCUT2D eigenvalue weighted by Crippen LogP contribution is -2.39. The van der Waals surface area contributed by atoms with Gasteiger partial charge in [-0.3, -0.25) is 9.59 Å². The van der Waals surface area contributed by atoms with E-state index in [2.05, 4.69) is 4.90 Å². The Morgan fingerprint density at radius 2 is 1.57 bits per heavy atom. The number of likely N-dealkylation sites (tertiary alicyclic amines) is 1. The molecular formula is C24H24Cl3NO2. The van der Waals surface area contributed by atoms with Crippen LogP contribution in [0.5, 0.6) is 0 Å². The maximum Gasteiger partial charge on any atom is 0.252 e. The molecule has 0 spiro atoms. The fraction of sp³-hybridized carbons (Fsp3) is 0.417. The van der Waals surface area contributed by atoms with E-state index >= 15 is 0 Å². The number of benzene rings is 2. The fourth-order valence-electron chi connectivity index (χ4n) is 4.71. The smallest absolute Gasteiger partial charge is 0.252 e. The molecule has 1 atom stereocenters. The van der Waals surface area contributed by atoms with Crippen molar-refractivity contribution in [1.29, 1.82) is 0 Å². The second kappa shape index (κ2) is 9.30. The number of carbonyl (C=O) groups excluding carboxylic acids is 2. The maximum atomic E-state index is 13.0. The summed E-state index contributed by atoms with van der Waals surface area (Å²) in [6.45, 7) is 0.840. The van der Waals surface area contributed by atoms with Crippen molar-refractivity contribution in [2.45, 2.75) is 51.0 Å². The zero-order valence-corrected chi connectivity index (χ0v) is 18.9. The SMILES string of the molecule is O=C(Cl)c1ccc(-c2cc(Cl)c(CC3CCN(C4CCCCC4)C3=O)c(Cl)c2)cc1. The van der Waals surface area contributed by atoms with Gasteiger partial charge in [-0.15, -0.1) is 0 Å². The van der Waals surface area contributed by atoms with Crippen LogP contribution in [0.4, 0.5) is 0 Å². The Morgan fingerprint density at radius 1 is 0.933 bits per heavy atom. The first-order valence-corrected chi connectivity index (χ1v) is 11.7. The molecule has 1 aliphatic heterocycles. The van der Waals surface area contributed by atoms with E-state index in [4.69, 9.17) is 34.8 Å². The Morgan fingerprint density at radius 3 is 2.17 bits per heavy atom. The lowest BCUT2D eigenvalue weighted by molar-refractivity contribution is -0.133. The number of rotatable bonds is 5. The molecule has 2 aliphatic rings. The highest BCUT2D eigenvalue weighted by molar-refractivity contribution is 6.67. The molecule has 0 N–H and O–H groups in total. The summed E-state index contributed by atoms with van der Waals surface area (Å²) < 4.78 is 0. The van der Waals surface area contributed by atoms with E-state index in [9.17, 15) is 9.59 Å². The molecule has 6 heteroatoms. The summed E-state index contributed by atoms with van der Waals surface area (Å²) in [7, 11) is 0. The van der Waals surface area contributed by atoms with Gasteiger partial charge in [-0.05, 0) is 78.2 Å². The van der Waals surface area contributed by atoms with Crippen molar-refractivity contribution in [2.24, 2.45) is 5.92 Å². The minimum Gasteiger partial charge on any atom is -0.339 e. The number of hydrogen-bond acceptors (Lipinski definition) is 2. The van der Waals surface area contributed by atoms with Gasteiger partial charge in [0.2, 0.25) is 5.91 Å². The molecule has 3 nitrogen and oxygen atoms in total. The molecule has 1 saturated carbocycles. The zero-order chi connectivity index (χ0) is 21.3. The maximum absolute atomic E-state index is 13.0. The van der Waals surface area contributed by atoms with Gasteiger partial charge in [-0.1, -0.05) is 54.6 Å². The Balaban J connectivity index is 1.50. The Labute approximate surface area is 192 Å². The predicted molar refractivity (Wildman–Crippen MR) is 122 cm³/mol. The quantitative estimate of drug-likeness (QED) is 0.458. The largest absolute Gasteiger partial charge is 0.339 e. The summed E-state index contributed by atoms with van der Waals surface area (Å²) in [4.78, 5) is 26.4.